The monoisotopic (exact) mass is 307 g/mol. The average Bonchev–Trinajstić information content (AvgIpc) is 2.90. The van der Waals surface area contributed by atoms with E-state index in [1.165, 1.54) is 35.1 Å². The number of nitrogens with one attached hydrogen (secondary N) is 1. The van der Waals surface area contributed by atoms with Gasteiger partial charge in [0.15, 0.2) is 11.4 Å². The van der Waals surface area contributed by atoms with Gasteiger partial charge >= 0.3 is 0 Å². The molecule has 0 fully saturated rings. The first-order valence-electron chi connectivity index (χ1n) is 6.86. The van der Waals surface area contributed by atoms with Crippen LogP contribution in [0.2, 0.25) is 0 Å². The van der Waals surface area contributed by atoms with E-state index in [9.17, 15) is 19.4 Å². The summed E-state index contributed by atoms with van der Waals surface area (Å²) in [5, 5.41) is 25.9. The number of amides is 1. The Hall–Kier alpha value is -2.41. The predicted octanol–water partition coefficient (Wildman–Crippen LogP) is 1.61. The molecular formula is C15H18FN3O3. The summed E-state index contributed by atoms with van der Waals surface area (Å²) in [4.78, 5) is 12.2. The lowest BCUT2D eigenvalue weighted by Crippen LogP contribution is -2.48. The van der Waals surface area contributed by atoms with Crippen LogP contribution in [0.5, 0.6) is 5.75 Å². The maximum atomic E-state index is 12.9. The first-order chi connectivity index (χ1) is 10.4. The lowest BCUT2D eigenvalue weighted by molar-refractivity contribution is 0.0839. The smallest absolute Gasteiger partial charge is 0.276 e. The van der Waals surface area contributed by atoms with Gasteiger partial charge in [0.25, 0.3) is 5.91 Å². The van der Waals surface area contributed by atoms with Crippen molar-refractivity contribution in [3.05, 3.63) is 42.0 Å². The van der Waals surface area contributed by atoms with Crippen LogP contribution in [0, 0.1) is 5.82 Å². The van der Waals surface area contributed by atoms with Crippen LogP contribution in [0.1, 0.15) is 30.8 Å². The highest BCUT2D eigenvalue weighted by atomic mass is 19.1. The number of aromatic nitrogens is 2. The molecule has 0 radical (unpaired) electrons. The third-order valence-electron chi connectivity index (χ3n) is 3.55. The Kier molecular flexibility index (Phi) is 4.46. The SMILES string of the molecule is CC[C@](C)(CO)NC(=O)c1nn(-c2ccc(F)cc2)cc1O. The average molecular weight is 307 g/mol. The molecule has 0 aliphatic rings. The minimum absolute atomic E-state index is 0.155. The summed E-state index contributed by atoms with van der Waals surface area (Å²) in [7, 11) is 0. The van der Waals surface area contributed by atoms with E-state index < -0.39 is 11.4 Å². The Bertz CT molecular complexity index is 663. The Morgan fingerprint density at radius 1 is 1.41 bits per heavy atom. The van der Waals surface area contributed by atoms with Crippen molar-refractivity contribution in [2.75, 3.05) is 6.61 Å². The molecule has 1 aromatic carbocycles. The second kappa shape index (κ2) is 6.15. The zero-order chi connectivity index (χ0) is 16.3. The molecule has 2 aromatic rings. The standard InChI is InChI=1S/C15H18FN3O3/c1-3-15(2,9-20)17-14(22)13-12(21)8-19(18-13)11-6-4-10(16)5-7-11/h4-8,20-21H,3,9H2,1-2H3,(H,17,22)/t15-/m1/s1. The molecule has 1 amide bonds. The molecule has 22 heavy (non-hydrogen) atoms. The Labute approximate surface area is 127 Å². The molecule has 0 aliphatic heterocycles. The van der Waals surface area contributed by atoms with Gasteiger partial charge in [0.2, 0.25) is 0 Å². The molecule has 0 unspecified atom stereocenters. The van der Waals surface area contributed by atoms with Crippen LogP contribution in [0.4, 0.5) is 4.39 Å². The summed E-state index contributed by atoms with van der Waals surface area (Å²) >= 11 is 0. The Morgan fingerprint density at radius 3 is 2.59 bits per heavy atom. The predicted molar refractivity (Wildman–Crippen MR) is 78.4 cm³/mol. The molecule has 2 rings (SSSR count). The minimum atomic E-state index is -0.789. The van der Waals surface area contributed by atoms with E-state index in [2.05, 4.69) is 10.4 Å². The zero-order valence-electron chi connectivity index (χ0n) is 12.4. The van der Waals surface area contributed by atoms with E-state index in [1.807, 2.05) is 6.92 Å². The number of rotatable bonds is 5. The van der Waals surface area contributed by atoms with Crippen LogP contribution in [0.15, 0.2) is 30.5 Å². The number of aliphatic hydroxyl groups excluding tert-OH is 1. The first kappa shape index (κ1) is 16.0. The molecule has 0 bridgehead atoms. The maximum absolute atomic E-state index is 12.9. The van der Waals surface area contributed by atoms with Gasteiger partial charge in [-0.25, -0.2) is 9.07 Å². The topological polar surface area (TPSA) is 87.4 Å². The van der Waals surface area contributed by atoms with Crippen molar-refractivity contribution < 1.29 is 19.4 Å². The number of hydrogen-bond donors (Lipinski definition) is 3. The number of carbonyl (C=O) groups excluding carboxylic acids is 1. The van der Waals surface area contributed by atoms with Gasteiger partial charge < -0.3 is 15.5 Å². The molecule has 0 spiro atoms. The van der Waals surface area contributed by atoms with E-state index in [4.69, 9.17) is 0 Å². The Morgan fingerprint density at radius 2 is 2.05 bits per heavy atom. The van der Waals surface area contributed by atoms with Crippen molar-refractivity contribution in [1.82, 2.24) is 15.1 Å². The van der Waals surface area contributed by atoms with E-state index in [-0.39, 0.29) is 23.9 Å². The zero-order valence-corrected chi connectivity index (χ0v) is 12.4. The summed E-state index contributed by atoms with van der Waals surface area (Å²) in [5.41, 5.74) is -0.433. The van der Waals surface area contributed by atoms with Gasteiger partial charge in [-0.2, -0.15) is 5.10 Å². The summed E-state index contributed by atoms with van der Waals surface area (Å²) in [6.07, 6.45) is 1.79. The highest BCUT2D eigenvalue weighted by molar-refractivity contribution is 5.95. The van der Waals surface area contributed by atoms with Crippen LogP contribution in [0.25, 0.3) is 5.69 Å². The number of carbonyl (C=O) groups is 1. The fraction of sp³-hybridized carbons (Fsp3) is 0.333. The quantitative estimate of drug-likeness (QED) is 0.783. The maximum Gasteiger partial charge on any atom is 0.276 e. The van der Waals surface area contributed by atoms with Gasteiger partial charge in [-0.3, -0.25) is 4.79 Å². The molecular weight excluding hydrogens is 289 g/mol. The molecule has 6 nitrogen and oxygen atoms in total. The number of benzene rings is 1. The largest absolute Gasteiger partial charge is 0.504 e. The molecule has 118 valence electrons. The lowest BCUT2D eigenvalue weighted by atomic mass is 10.00. The third kappa shape index (κ3) is 3.25. The van der Waals surface area contributed by atoms with Crippen LogP contribution in [0.3, 0.4) is 0 Å². The number of nitrogens with zero attached hydrogens (tertiary/aromatic N) is 2. The van der Waals surface area contributed by atoms with Gasteiger partial charge in [0, 0.05) is 0 Å². The first-order valence-corrected chi connectivity index (χ1v) is 6.86. The summed E-state index contributed by atoms with van der Waals surface area (Å²) < 4.78 is 14.2. The normalized spacial score (nSPS) is 13.6. The highest BCUT2D eigenvalue weighted by Crippen LogP contribution is 2.19. The van der Waals surface area contributed by atoms with Crippen molar-refractivity contribution in [1.29, 1.82) is 0 Å². The number of halogens is 1. The van der Waals surface area contributed by atoms with E-state index in [1.54, 1.807) is 6.92 Å². The molecule has 1 aromatic heterocycles. The fourth-order valence-corrected chi connectivity index (χ4v) is 1.83. The fourth-order valence-electron chi connectivity index (χ4n) is 1.83. The van der Waals surface area contributed by atoms with Crippen molar-refractivity contribution in [3.8, 4) is 11.4 Å². The van der Waals surface area contributed by atoms with Gasteiger partial charge in [0.05, 0.1) is 24.0 Å². The third-order valence-corrected chi connectivity index (χ3v) is 3.55. The van der Waals surface area contributed by atoms with Crippen molar-refractivity contribution in [2.45, 2.75) is 25.8 Å². The van der Waals surface area contributed by atoms with E-state index in [0.29, 0.717) is 12.1 Å². The van der Waals surface area contributed by atoms with Crippen molar-refractivity contribution in [2.24, 2.45) is 0 Å². The molecule has 1 heterocycles. The van der Waals surface area contributed by atoms with Gasteiger partial charge in [0.1, 0.15) is 5.82 Å². The van der Waals surface area contributed by atoms with Crippen molar-refractivity contribution >= 4 is 5.91 Å². The van der Waals surface area contributed by atoms with Crippen LogP contribution in [-0.2, 0) is 0 Å². The van der Waals surface area contributed by atoms with E-state index >= 15 is 0 Å². The summed E-state index contributed by atoms with van der Waals surface area (Å²) in [5.74, 6) is -1.27. The van der Waals surface area contributed by atoms with E-state index in [0.717, 1.165) is 0 Å². The molecule has 7 heteroatoms. The van der Waals surface area contributed by atoms with Gasteiger partial charge in [-0.05, 0) is 37.6 Å². The minimum Gasteiger partial charge on any atom is -0.504 e. The molecule has 3 N–H and O–H groups in total. The lowest BCUT2D eigenvalue weighted by Gasteiger charge is -2.26. The molecule has 0 saturated heterocycles. The van der Waals surface area contributed by atoms with Crippen LogP contribution in [-0.4, -0.2) is 38.0 Å². The van der Waals surface area contributed by atoms with Crippen molar-refractivity contribution in [3.63, 3.8) is 0 Å². The second-order valence-corrected chi connectivity index (χ2v) is 5.31. The van der Waals surface area contributed by atoms with Gasteiger partial charge in [-0.15, -0.1) is 0 Å². The second-order valence-electron chi connectivity index (χ2n) is 5.31. The number of aromatic hydroxyl groups is 1. The highest BCUT2D eigenvalue weighted by Gasteiger charge is 2.27. The number of hydrogen-bond acceptors (Lipinski definition) is 4. The Balaban J connectivity index is 2.26. The van der Waals surface area contributed by atoms with Crippen LogP contribution < -0.4 is 5.32 Å². The summed E-state index contributed by atoms with van der Waals surface area (Å²) in [6.45, 7) is 3.29. The molecule has 0 aliphatic carbocycles. The molecule has 1 atom stereocenters. The number of aliphatic hydroxyl groups is 1. The van der Waals surface area contributed by atoms with Crippen LogP contribution >= 0.6 is 0 Å². The summed E-state index contributed by atoms with van der Waals surface area (Å²) in [6, 6.07) is 5.47. The van der Waals surface area contributed by atoms with Gasteiger partial charge in [-0.1, -0.05) is 6.92 Å². The molecule has 0 saturated carbocycles.